The molecular formula is C25H30N4O. The fourth-order valence-electron chi connectivity index (χ4n) is 3.02. The summed E-state index contributed by atoms with van der Waals surface area (Å²) >= 11 is 0. The SMILES string of the molecule is C=C/C=C\N=C(/C=C)N1/C(=C/C(O)=C\C=C)Cn2c1nc(/C=C\CCC(=C)C)c2C. The summed E-state index contributed by atoms with van der Waals surface area (Å²) in [7, 11) is 0. The van der Waals surface area contributed by atoms with E-state index in [1.165, 1.54) is 6.08 Å². The van der Waals surface area contributed by atoms with E-state index in [-0.39, 0.29) is 5.76 Å². The van der Waals surface area contributed by atoms with Crippen molar-refractivity contribution in [3.63, 3.8) is 0 Å². The summed E-state index contributed by atoms with van der Waals surface area (Å²) in [6, 6.07) is 0. The van der Waals surface area contributed by atoms with Crippen LogP contribution in [0.25, 0.3) is 6.08 Å². The quantitative estimate of drug-likeness (QED) is 0.176. The van der Waals surface area contributed by atoms with E-state index in [1.807, 2.05) is 24.8 Å². The molecule has 30 heavy (non-hydrogen) atoms. The molecule has 1 aliphatic rings. The number of fused-ring (bicyclic) bond motifs is 1. The highest BCUT2D eigenvalue weighted by Crippen LogP contribution is 2.33. The maximum atomic E-state index is 10.2. The van der Waals surface area contributed by atoms with Gasteiger partial charge in [0.15, 0.2) is 0 Å². The molecule has 0 unspecified atom stereocenters. The standard InChI is InChI=1S/C25H30N4O/c1-7-10-16-26-24(9-3)29-21(17-22(30)13-8-2)18-28-20(6)23(27-25(28)29)15-12-11-14-19(4)5/h7-10,12-13,15-17,30H,1-4,11,14,18H2,5-6H3/b15-12-,16-10-,21-17+,22-13+,26-24+. The van der Waals surface area contributed by atoms with Crippen LogP contribution in [0.4, 0.5) is 5.95 Å². The molecule has 0 saturated carbocycles. The maximum absolute atomic E-state index is 10.2. The molecule has 0 spiro atoms. The summed E-state index contributed by atoms with van der Waals surface area (Å²) in [6.45, 7) is 19.8. The zero-order valence-corrected chi connectivity index (χ0v) is 17.9. The molecule has 0 aromatic carbocycles. The number of aliphatic hydroxyl groups excluding tert-OH is 1. The second-order valence-corrected chi connectivity index (χ2v) is 6.93. The average Bonchev–Trinajstić information content (AvgIpc) is 3.19. The smallest absolute Gasteiger partial charge is 0.216 e. The van der Waals surface area contributed by atoms with Gasteiger partial charge >= 0.3 is 0 Å². The molecule has 5 nitrogen and oxygen atoms in total. The van der Waals surface area contributed by atoms with E-state index < -0.39 is 0 Å². The molecular weight excluding hydrogens is 372 g/mol. The third-order valence-electron chi connectivity index (χ3n) is 4.50. The van der Waals surface area contributed by atoms with Crippen LogP contribution in [0.15, 0.2) is 97.1 Å². The summed E-state index contributed by atoms with van der Waals surface area (Å²) in [5, 5.41) is 10.2. The van der Waals surface area contributed by atoms with E-state index in [9.17, 15) is 5.11 Å². The van der Waals surface area contributed by atoms with Crippen molar-refractivity contribution < 1.29 is 5.11 Å². The van der Waals surface area contributed by atoms with Crippen molar-refractivity contribution in [3.05, 3.63) is 103 Å². The normalized spacial score (nSPS) is 15.9. The zero-order chi connectivity index (χ0) is 22.1. The molecule has 5 heteroatoms. The van der Waals surface area contributed by atoms with Crippen molar-refractivity contribution in [2.24, 2.45) is 4.99 Å². The number of aliphatic imine (C=N–C) groups is 1. The van der Waals surface area contributed by atoms with Gasteiger partial charge in [-0.1, -0.05) is 43.5 Å². The van der Waals surface area contributed by atoms with Crippen LogP contribution in [0.2, 0.25) is 0 Å². The summed E-state index contributed by atoms with van der Waals surface area (Å²) in [5.74, 6) is 1.45. The van der Waals surface area contributed by atoms with Crippen molar-refractivity contribution in [2.75, 3.05) is 4.90 Å². The Morgan fingerprint density at radius 3 is 2.67 bits per heavy atom. The van der Waals surface area contributed by atoms with E-state index in [2.05, 4.69) is 42.0 Å². The van der Waals surface area contributed by atoms with Crippen LogP contribution < -0.4 is 4.90 Å². The number of hydrogen-bond donors (Lipinski definition) is 1. The number of aromatic nitrogens is 2. The van der Waals surface area contributed by atoms with Crippen molar-refractivity contribution in [1.29, 1.82) is 0 Å². The largest absolute Gasteiger partial charge is 0.508 e. The lowest BCUT2D eigenvalue weighted by molar-refractivity contribution is 0.431. The molecule has 0 amide bonds. The monoisotopic (exact) mass is 402 g/mol. The van der Waals surface area contributed by atoms with Gasteiger partial charge in [-0.15, -0.1) is 6.58 Å². The van der Waals surface area contributed by atoms with E-state index in [0.717, 1.165) is 41.4 Å². The number of allylic oxidation sites excluding steroid dienone is 8. The minimum atomic E-state index is 0.110. The van der Waals surface area contributed by atoms with Crippen molar-refractivity contribution in [1.82, 2.24) is 9.55 Å². The Balaban J connectivity index is 2.49. The first-order valence-corrected chi connectivity index (χ1v) is 9.81. The van der Waals surface area contributed by atoms with Crippen LogP contribution >= 0.6 is 0 Å². The minimum Gasteiger partial charge on any atom is -0.508 e. The first-order chi connectivity index (χ1) is 14.4. The van der Waals surface area contributed by atoms with E-state index >= 15 is 0 Å². The first kappa shape index (κ1) is 22.7. The number of anilines is 1. The average molecular weight is 403 g/mol. The summed E-state index contributed by atoms with van der Waals surface area (Å²) < 4.78 is 2.10. The third-order valence-corrected chi connectivity index (χ3v) is 4.50. The Morgan fingerprint density at radius 2 is 2.03 bits per heavy atom. The Morgan fingerprint density at radius 1 is 1.27 bits per heavy atom. The summed E-state index contributed by atoms with van der Waals surface area (Å²) in [5.41, 5.74) is 3.95. The molecule has 0 fully saturated rings. The number of nitrogens with zero attached hydrogens (tertiary/aromatic N) is 4. The molecule has 2 rings (SSSR count). The highest BCUT2D eigenvalue weighted by Gasteiger charge is 2.31. The Labute approximate surface area is 179 Å². The van der Waals surface area contributed by atoms with Gasteiger partial charge in [-0.05, 0) is 51.0 Å². The van der Waals surface area contributed by atoms with Gasteiger partial charge in [0.2, 0.25) is 5.95 Å². The van der Waals surface area contributed by atoms with Crippen molar-refractivity contribution in [3.8, 4) is 0 Å². The van der Waals surface area contributed by atoms with Gasteiger partial charge in [0.1, 0.15) is 11.6 Å². The molecule has 156 valence electrons. The first-order valence-electron chi connectivity index (χ1n) is 9.81. The molecule has 1 N–H and O–H groups in total. The number of imidazole rings is 1. The van der Waals surface area contributed by atoms with Gasteiger partial charge in [-0.3, -0.25) is 4.90 Å². The van der Waals surface area contributed by atoms with Gasteiger partial charge in [-0.25, -0.2) is 9.98 Å². The molecule has 1 aliphatic heterocycles. The third kappa shape index (κ3) is 5.47. The van der Waals surface area contributed by atoms with Crippen LogP contribution in [-0.4, -0.2) is 20.5 Å². The molecule has 0 aliphatic carbocycles. The van der Waals surface area contributed by atoms with Crippen LogP contribution in [0.1, 0.15) is 31.2 Å². The molecule has 0 bridgehead atoms. The van der Waals surface area contributed by atoms with Crippen LogP contribution in [0.5, 0.6) is 0 Å². The number of rotatable bonds is 9. The Kier molecular flexibility index (Phi) is 8.18. The predicted octanol–water partition coefficient (Wildman–Crippen LogP) is 6.18. The van der Waals surface area contributed by atoms with Crippen LogP contribution in [-0.2, 0) is 6.54 Å². The van der Waals surface area contributed by atoms with Gasteiger partial charge in [-0.2, -0.15) is 0 Å². The van der Waals surface area contributed by atoms with Gasteiger partial charge in [0, 0.05) is 18.0 Å². The lowest BCUT2D eigenvalue weighted by Gasteiger charge is -2.18. The molecule has 1 aromatic rings. The number of amidine groups is 1. The zero-order valence-electron chi connectivity index (χ0n) is 17.9. The van der Waals surface area contributed by atoms with Gasteiger partial charge in [0.25, 0.3) is 0 Å². The van der Waals surface area contributed by atoms with Gasteiger partial charge in [0.05, 0.1) is 17.9 Å². The molecule has 0 atom stereocenters. The predicted molar refractivity (Wildman–Crippen MR) is 128 cm³/mol. The fraction of sp³-hybridized carbons (Fsp3) is 0.200. The van der Waals surface area contributed by atoms with Crippen LogP contribution in [0, 0.1) is 6.92 Å². The molecule has 1 aromatic heterocycles. The van der Waals surface area contributed by atoms with E-state index in [4.69, 9.17) is 4.98 Å². The summed E-state index contributed by atoms with van der Waals surface area (Å²) in [6.07, 6.45) is 17.5. The maximum Gasteiger partial charge on any atom is 0.216 e. The fourth-order valence-corrected chi connectivity index (χ4v) is 3.02. The lowest BCUT2D eigenvalue weighted by atomic mass is 10.2. The molecule has 0 saturated heterocycles. The van der Waals surface area contributed by atoms with E-state index in [1.54, 1.807) is 36.6 Å². The van der Waals surface area contributed by atoms with Gasteiger partial charge < -0.3 is 9.67 Å². The molecule has 2 heterocycles. The summed E-state index contributed by atoms with van der Waals surface area (Å²) in [4.78, 5) is 11.2. The number of aliphatic hydroxyl groups is 1. The molecule has 0 radical (unpaired) electrons. The lowest BCUT2D eigenvalue weighted by Crippen LogP contribution is -2.26. The second kappa shape index (κ2) is 10.8. The Bertz CT molecular complexity index is 983. The van der Waals surface area contributed by atoms with E-state index in [0.29, 0.717) is 12.4 Å². The number of hydrogen-bond acceptors (Lipinski definition) is 3. The minimum absolute atomic E-state index is 0.110. The highest BCUT2D eigenvalue weighted by molar-refractivity contribution is 6.07. The van der Waals surface area contributed by atoms with Crippen molar-refractivity contribution in [2.45, 2.75) is 33.2 Å². The highest BCUT2D eigenvalue weighted by atomic mass is 16.3. The van der Waals surface area contributed by atoms with Crippen LogP contribution in [0.3, 0.4) is 0 Å². The Hall–Kier alpha value is -3.60. The van der Waals surface area contributed by atoms with Crippen molar-refractivity contribution >= 4 is 17.9 Å². The topological polar surface area (TPSA) is 53.6 Å². The second-order valence-electron chi connectivity index (χ2n) is 6.93.